The van der Waals surface area contributed by atoms with E-state index in [1.165, 1.54) is 33.4 Å². The number of anilines is 1. The summed E-state index contributed by atoms with van der Waals surface area (Å²) >= 11 is 0. The van der Waals surface area contributed by atoms with Gasteiger partial charge < -0.3 is 10.0 Å². The normalized spacial score (nSPS) is 11.7. The Balaban J connectivity index is 1.05. The number of rotatable bonds is 20. The van der Waals surface area contributed by atoms with Crippen molar-refractivity contribution in [2.45, 2.75) is 49.4 Å². The lowest BCUT2D eigenvalue weighted by molar-refractivity contribution is 0.0697. The summed E-state index contributed by atoms with van der Waals surface area (Å²) in [5, 5.41) is 18.2. The molecule has 5 heteroatoms. The molecule has 0 aromatic heterocycles. The second-order valence-electron chi connectivity index (χ2n) is 16.5. The van der Waals surface area contributed by atoms with Crippen LogP contribution in [0.5, 0.6) is 0 Å². The van der Waals surface area contributed by atoms with Crippen molar-refractivity contribution in [3.8, 4) is 0 Å². The standard InChI is InChI=1S/C59H55N3O2/c63-57(64)47-35-37-54(38-36-47)60-61-55-39-41-56(42-40-55)62(45-21-19-43-58(48-23-7-1-8-24-48,49-25-9-2-10-26-49)50-27-11-3-12-28-50)46-22-20-44-59(51-29-13-4-14-30-51,52-31-15-5-16-32-52)53-33-17-6-18-34-53/h1-18,23-42H,19-22,43-46H2,(H,63,64). The van der Waals surface area contributed by atoms with Gasteiger partial charge in [0.2, 0.25) is 0 Å². The number of unbranched alkanes of at least 4 members (excludes halogenated alkanes) is 2. The van der Waals surface area contributed by atoms with Crippen LogP contribution in [0.3, 0.4) is 0 Å². The zero-order valence-electron chi connectivity index (χ0n) is 36.3. The van der Waals surface area contributed by atoms with E-state index < -0.39 is 5.97 Å². The van der Waals surface area contributed by atoms with Gasteiger partial charge in [-0.15, -0.1) is 0 Å². The first-order valence-corrected chi connectivity index (χ1v) is 22.5. The molecule has 0 bridgehead atoms. The van der Waals surface area contributed by atoms with Gasteiger partial charge in [-0.25, -0.2) is 4.79 Å². The molecular weight excluding hydrogens is 783 g/mol. The summed E-state index contributed by atoms with van der Waals surface area (Å²) in [6, 6.07) is 80.9. The first-order valence-electron chi connectivity index (χ1n) is 22.5. The van der Waals surface area contributed by atoms with Gasteiger partial charge in [0.1, 0.15) is 0 Å². The number of hydrogen-bond acceptors (Lipinski definition) is 4. The maximum absolute atomic E-state index is 11.3. The molecule has 0 atom stereocenters. The van der Waals surface area contributed by atoms with Crippen LogP contribution in [0.1, 0.15) is 82.3 Å². The lowest BCUT2D eigenvalue weighted by atomic mass is 9.66. The van der Waals surface area contributed by atoms with E-state index in [2.05, 4.69) is 209 Å². The minimum Gasteiger partial charge on any atom is -0.478 e. The average Bonchev–Trinajstić information content (AvgIpc) is 3.37. The summed E-state index contributed by atoms with van der Waals surface area (Å²) < 4.78 is 0. The summed E-state index contributed by atoms with van der Waals surface area (Å²) in [4.78, 5) is 13.9. The number of carbonyl (C=O) groups is 1. The van der Waals surface area contributed by atoms with Crippen LogP contribution in [0.15, 0.2) is 241 Å². The summed E-state index contributed by atoms with van der Waals surface area (Å²) in [6.45, 7) is 1.82. The van der Waals surface area contributed by atoms with E-state index in [9.17, 15) is 9.90 Å². The molecule has 0 unspecified atom stereocenters. The average molecular weight is 838 g/mol. The highest BCUT2D eigenvalue weighted by molar-refractivity contribution is 5.87. The van der Waals surface area contributed by atoms with E-state index in [4.69, 9.17) is 0 Å². The van der Waals surface area contributed by atoms with Gasteiger partial charge in [-0.1, -0.05) is 195 Å². The van der Waals surface area contributed by atoms with Gasteiger partial charge in [0.25, 0.3) is 0 Å². The van der Waals surface area contributed by atoms with E-state index in [0.29, 0.717) is 5.69 Å². The molecule has 8 rings (SSSR count). The molecule has 0 aliphatic heterocycles. The van der Waals surface area contributed by atoms with Crippen molar-refractivity contribution in [2.75, 3.05) is 18.0 Å². The van der Waals surface area contributed by atoms with Crippen LogP contribution < -0.4 is 4.90 Å². The fourth-order valence-electron chi connectivity index (χ4n) is 9.47. The van der Waals surface area contributed by atoms with Crippen molar-refractivity contribution in [1.82, 2.24) is 0 Å². The molecule has 0 amide bonds. The number of azo groups is 1. The Morgan fingerprint density at radius 1 is 0.375 bits per heavy atom. The van der Waals surface area contributed by atoms with Crippen molar-refractivity contribution in [2.24, 2.45) is 10.2 Å². The van der Waals surface area contributed by atoms with E-state index in [-0.39, 0.29) is 16.4 Å². The molecule has 318 valence electrons. The third-order valence-electron chi connectivity index (χ3n) is 12.7. The van der Waals surface area contributed by atoms with Gasteiger partial charge >= 0.3 is 5.97 Å². The second-order valence-corrected chi connectivity index (χ2v) is 16.5. The zero-order valence-corrected chi connectivity index (χ0v) is 36.3. The molecule has 8 aromatic rings. The quantitative estimate of drug-likeness (QED) is 0.0472. The topological polar surface area (TPSA) is 65.3 Å². The van der Waals surface area contributed by atoms with Gasteiger partial charge in [0.05, 0.1) is 16.9 Å². The smallest absolute Gasteiger partial charge is 0.335 e. The number of benzene rings is 8. The molecule has 64 heavy (non-hydrogen) atoms. The minimum absolute atomic E-state index is 0.222. The van der Waals surface area contributed by atoms with Gasteiger partial charge in [0.15, 0.2) is 0 Å². The van der Waals surface area contributed by atoms with Crippen molar-refractivity contribution in [3.05, 3.63) is 269 Å². The molecule has 8 aromatic carbocycles. The maximum Gasteiger partial charge on any atom is 0.335 e. The largest absolute Gasteiger partial charge is 0.478 e. The van der Waals surface area contributed by atoms with Gasteiger partial charge in [0, 0.05) is 29.6 Å². The van der Waals surface area contributed by atoms with E-state index >= 15 is 0 Å². The maximum atomic E-state index is 11.3. The Morgan fingerprint density at radius 3 is 0.938 bits per heavy atom. The molecule has 1 N–H and O–H groups in total. The predicted molar refractivity (Wildman–Crippen MR) is 262 cm³/mol. The van der Waals surface area contributed by atoms with E-state index in [1.807, 2.05) is 12.1 Å². The molecule has 0 radical (unpaired) electrons. The van der Waals surface area contributed by atoms with Crippen molar-refractivity contribution < 1.29 is 9.90 Å². The van der Waals surface area contributed by atoms with E-state index in [0.717, 1.165) is 63.0 Å². The van der Waals surface area contributed by atoms with Gasteiger partial charge in [-0.3, -0.25) is 0 Å². The predicted octanol–water partition coefficient (Wildman–Crippen LogP) is 15.0. The van der Waals surface area contributed by atoms with Gasteiger partial charge in [-0.2, -0.15) is 10.2 Å². The number of carboxylic acid groups (broad SMARTS) is 1. The molecule has 5 nitrogen and oxygen atoms in total. The lowest BCUT2D eigenvalue weighted by Gasteiger charge is -2.37. The Morgan fingerprint density at radius 2 is 0.656 bits per heavy atom. The second kappa shape index (κ2) is 21.1. The Hall–Kier alpha value is -7.37. The number of nitrogens with zero attached hydrogens (tertiary/aromatic N) is 3. The molecule has 0 saturated carbocycles. The van der Waals surface area contributed by atoms with Crippen LogP contribution in [-0.4, -0.2) is 24.2 Å². The summed E-state index contributed by atoms with van der Waals surface area (Å²) in [5.41, 5.74) is 10.0. The highest BCUT2D eigenvalue weighted by Gasteiger charge is 2.37. The summed E-state index contributed by atoms with van der Waals surface area (Å²) in [7, 11) is 0. The molecule has 0 saturated heterocycles. The number of hydrogen-bond donors (Lipinski definition) is 1. The highest BCUT2D eigenvalue weighted by Crippen LogP contribution is 2.45. The molecule has 0 fully saturated rings. The Bertz CT molecular complexity index is 2330. The summed E-state index contributed by atoms with van der Waals surface area (Å²) in [6.07, 6.45) is 6.04. The molecule has 0 heterocycles. The molecule has 0 aliphatic carbocycles. The number of aromatic carboxylic acids is 1. The molecule has 0 spiro atoms. The van der Waals surface area contributed by atoms with Crippen LogP contribution in [0.2, 0.25) is 0 Å². The van der Waals surface area contributed by atoms with E-state index in [1.54, 1.807) is 24.3 Å². The Labute approximate surface area is 378 Å². The van der Waals surface area contributed by atoms with Crippen LogP contribution >= 0.6 is 0 Å². The molecule has 0 aliphatic rings. The lowest BCUT2D eigenvalue weighted by Crippen LogP contribution is -2.31. The van der Waals surface area contributed by atoms with Crippen LogP contribution in [0.25, 0.3) is 0 Å². The van der Waals surface area contributed by atoms with Crippen LogP contribution in [0.4, 0.5) is 17.1 Å². The first-order chi connectivity index (χ1) is 31.6. The zero-order chi connectivity index (χ0) is 43.9. The fourth-order valence-corrected chi connectivity index (χ4v) is 9.47. The van der Waals surface area contributed by atoms with Crippen molar-refractivity contribution in [3.63, 3.8) is 0 Å². The van der Waals surface area contributed by atoms with Crippen LogP contribution in [0, 0.1) is 0 Å². The van der Waals surface area contributed by atoms with Crippen LogP contribution in [-0.2, 0) is 10.8 Å². The fraction of sp³-hybridized carbons (Fsp3) is 0.169. The minimum atomic E-state index is -0.963. The van der Waals surface area contributed by atoms with Crippen molar-refractivity contribution >= 4 is 23.0 Å². The van der Waals surface area contributed by atoms with Gasteiger partial charge in [-0.05, 0) is 108 Å². The Kier molecular flexibility index (Phi) is 14.3. The highest BCUT2D eigenvalue weighted by atomic mass is 16.4. The summed E-state index contributed by atoms with van der Waals surface area (Å²) in [5.74, 6) is -0.963. The third-order valence-corrected chi connectivity index (χ3v) is 12.7. The monoisotopic (exact) mass is 837 g/mol. The van der Waals surface area contributed by atoms with Crippen molar-refractivity contribution in [1.29, 1.82) is 0 Å². The molecular formula is C59H55N3O2. The number of carboxylic acids is 1. The SMILES string of the molecule is O=C(O)c1ccc(N=Nc2ccc(N(CCCCC(c3ccccc3)(c3ccccc3)c3ccccc3)CCCCC(c3ccccc3)(c3ccccc3)c3ccccc3)cc2)cc1. The third kappa shape index (κ3) is 9.96. The first kappa shape index (κ1) is 43.3.